The normalized spacial score (nSPS) is 22.7. The number of hydrogen-bond acceptors (Lipinski definition) is 5. The van der Waals surface area contributed by atoms with Gasteiger partial charge in [0.1, 0.15) is 10.7 Å². The fraction of sp³-hybridized carbons (Fsp3) is 0.375. The minimum atomic E-state index is -3.63. The molecule has 1 saturated heterocycles. The SMILES string of the molecule is Cn1cc(C2CCCN2CC2=NS(=O)(=O)c3ccccc3N2)cn1. The van der Waals surface area contributed by atoms with Crippen molar-refractivity contribution in [2.45, 2.75) is 23.8 Å². The van der Waals surface area contributed by atoms with Gasteiger partial charge in [-0.1, -0.05) is 12.1 Å². The zero-order chi connectivity index (χ0) is 16.7. The first-order chi connectivity index (χ1) is 11.5. The van der Waals surface area contributed by atoms with E-state index in [0.717, 1.165) is 24.9 Å². The molecule has 1 fully saturated rings. The lowest BCUT2D eigenvalue weighted by Gasteiger charge is -2.26. The number of amidine groups is 1. The van der Waals surface area contributed by atoms with Crippen molar-refractivity contribution in [1.82, 2.24) is 14.7 Å². The van der Waals surface area contributed by atoms with Gasteiger partial charge in [-0.3, -0.25) is 9.58 Å². The van der Waals surface area contributed by atoms with Crippen molar-refractivity contribution < 1.29 is 8.42 Å². The fourth-order valence-corrected chi connectivity index (χ4v) is 4.57. The van der Waals surface area contributed by atoms with Crippen LogP contribution in [0.1, 0.15) is 24.4 Å². The fourth-order valence-electron chi connectivity index (χ4n) is 3.43. The van der Waals surface area contributed by atoms with Crippen LogP contribution in [0.3, 0.4) is 0 Å². The largest absolute Gasteiger partial charge is 0.341 e. The van der Waals surface area contributed by atoms with Crippen LogP contribution in [0, 0.1) is 0 Å². The second kappa shape index (κ2) is 5.71. The number of rotatable bonds is 3. The highest BCUT2D eigenvalue weighted by Crippen LogP contribution is 2.32. The Morgan fingerprint density at radius 1 is 1.33 bits per heavy atom. The highest BCUT2D eigenvalue weighted by atomic mass is 32.2. The standard InChI is InChI=1S/C16H19N5O2S/c1-20-10-12(9-17-20)14-6-4-8-21(14)11-16-18-13-5-2-3-7-15(13)24(22,23)19-16/h2-3,5,7,9-10,14H,4,6,8,11H2,1H3,(H,18,19). The lowest BCUT2D eigenvalue weighted by Crippen LogP contribution is -2.35. The highest BCUT2D eigenvalue weighted by Gasteiger charge is 2.30. The molecule has 4 rings (SSSR count). The molecule has 24 heavy (non-hydrogen) atoms. The molecule has 0 spiro atoms. The van der Waals surface area contributed by atoms with Crippen LogP contribution in [0.25, 0.3) is 0 Å². The van der Waals surface area contributed by atoms with Gasteiger partial charge in [0, 0.05) is 24.8 Å². The number of anilines is 1. The number of likely N-dealkylation sites (tertiary alicyclic amines) is 1. The van der Waals surface area contributed by atoms with Crippen molar-refractivity contribution in [3.63, 3.8) is 0 Å². The maximum absolute atomic E-state index is 12.4. The summed E-state index contributed by atoms with van der Waals surface area (Å²) in [5.41, 5.74) is 1.76. The summed E-state index contributed by atoms with van der Waals surface area (Å²) >= 11 is 0. The van der Waals surface area contributed by atoms with Crippen LogP contribution in [-0.2, 0) is 17.1 Å². The van der Waals surface area contributed by atoms with Gasteiger partial charge in [0.2, 0.25) is 0 Å². The van der Waals surface area contributed by atoms with Crippen LogP contribution in [0.2, 0.25) is 0 Å². The monoisotopic (exact) mass is 345 g/mol. The summed E-state index contributed by atoms with van der Waals surface area (Å²) in [6.07, 6.45) is 6.02. The molecule has 126 valence electrons. The van der Waals surface area contributed by atoms with Gasteiger partial charge in [-0.15, -0.1) is 4.40 Å². The molecule has 0 amide bonds. The van der Waals surface area contributed by atoms with E-state index >= 15 is 0 Å². The molecule has 2 aromatic rings. The third-order valence-corrected chi connectivity index (χ3v) is 5.87. The summed E-state index contributed by atoms with van der Waals surface area (Å²) in [4.78, 5) is 2.49. The number of nitrogens with one attached hydrogen (secondary N) is 1. The molecule has 3 heterocycles. The summed E-state index contributed by atoms with van der Waals surface area (Å²) in [7, 11) is -1.73. The lowest BCUT2D eigenvalue weighted by molar-refractivity contribution is 0.294. The molecule has 8 heteroatoms. The van der Waals surface area contributed by atoms with Crippen LogP contribution in [-0.4, -0.2) is 42.0 Å². The lowest BCUT2D eigenvalue weighted by atomic mass is 10.1. The third-order valence-electron chi connectivity index (χ3n) is 4.50. The van der Waals surface area contributed by atoms with Crippen LogP contribution < -0.4 is 5.32 Å². The average Bonchev–Trinajstić information content (AvgIpc) is 3.15. The smallest absolute Gasteiger partial charge is 0.286 e. The number of sulfonamides is 1. The van der Waals surface area contributed by atoms with E-state index in [9.17, 15) is 8.42 Å². The molecule has 1 atom stereocenters. The summed E-state index contributed by atoms with van der Waals surface area (Å²) in [5, 5.41) is 7.41. The first-order valence-corrected chi connectivity index (χ1v) is 9.39. The van der Waals surface area contributed by atoms with Crippen LogP contribution in [0.5, 0.6) is 0 Å². The van der Waals surface area contributed by atoms with Crippen molar-refractivity contribution in [1.29, 1.82) is 0 Å². The molecule has 0 aliphatic carbocycles. The second-order valence-corrected chi connectivity index (χ2v) is 7.78. The zero-order valence-electron chi connectivity index (χ0n) is 13.4. The molecule has 0 saturated carbocycles. The number of fused-ring (bicyclic) bond motifs is 1. The van der Waals surface area contributed by atoms with Gasteiger partial charge in [0.15, 0.2) is 0 Å². The van der Waals surface area contributed by atoms with Crippen LogP contribution >= 0.6 is 0 Å². The Kier molecular flexibility index (Phi) is 3.65. The minimum Gasteiger partial charge on any atom is -0.341 e. The average molecular weight is 345 g/mol. The van der Waals surface area contributed by atoms with E-state index in [2.05, 4.69) is 19.7 Å². The van der Waals surface area contributed by atoms with Gasteiger partial charge in [-0.2, -0.15) is 13.5 Å². The molecule has 0 bridgehead atoms. The number of nitrogens with zero attached hydrogens (tertiary/aromatic N) is 4. The topological polar surface area (TPSA) is 79.6 Å². The molecular weight excluding hydrogens is 326 g/mol. The first-order valence-electron chi connectivity index (χ1n) is 7.95. The molecule has 1 unspecified atom stereocenters. The Hall–Kier alpha value is -2.19. The predicted molar refractivity (Wildman–Crippen MR) is 91.4 cm³/mol. The van der Waals surface area contributed by atoms with Crippen molar-refractivity contribution >= 4 is 21.5 Å². The molecule has 0 radical (unpaired) electrons. The predicted octanol–water partition coefficient (Wildman–Crippen LogP) is 1.77. The molecule has 1 N–H and O–H groups in total. The van der Waals surface area contributed by atoms with Gasteiger partial charge < -0.3 is 5.32 Å². The third kappa shape index (κ3) is 2.71. The maximum atomic E-state index is 12.4. The van der Waals surface area contributed by atoms with Gasteiger partial charge in [-0.05, 0) is 31.5 Å². The van der Waals surface area contributed by atoms with E-state index in [-0.39, 0.29) is 10.9 Å². The molecule has 2 aliphatic rings. The number of para-hydroxylation sites is 1. The Morgan fingerprint density at radius 2 is 2.17 bits per heavy atom. The Bertz CT molecular complexity index is 903. The minimum absolute atomic E-state index is 0.235. The van der Waals surface area contributed by atoms with Crippen molar-refractivity contribution in [3.05, 3.63) is 42.2 Å². The number of hydrogen-bond donors (Lipinski definition) is 1. The molecule has 1 aromatic heterocycles. The number of aryl methyl sites for hydroxylation is 1. The second-order valence-electron chi connectivity index (χ2n) is 6.21. The van der Waals surface area contributed by atoms with E-state index in [0.29, 0.717) is 18.1 Å². The quantitative estimate of drug-likeness (QED) is 0.917. The highest BCUT2D eigenvalue weighted by molar-refractivity contribution is 7.90. The van der Waals surface area contributed by atoms with Gasteiger partial charge >= 0.3 is 0 Å². The Labute approximate surface area is 141 Å². The molecule has 1 aromatic carbocycles. The van der Waals surface area contributed by atoms with E-state index in [1.807, 2.05) is 25.5 Å². The summed E-state index contributed by atoms with van der Waals surface area (Å²) in [6, 6.07) is 7.12. The van der Waals surface area contributed by atoms with Crippen molar-refractivity contribution in [2.24, 2.45) is 11.4 Å². The Morgan fingerprint density at radius 3 is 2.96 bits per heavy atom. The van der Waals surface area contributed by atoms with Gasteiger partial charge in [0.25, 0.3) is 10.0 Å². The van der Waals surface area contributed by atoms with Crippen molar-refractivity contribution in [3.8, 4) is 0 Å². The molecule has 7 nitrogen and oxygen atoms in total. The van der Waals surface area contributed by atoms with Crippen LogP contribution in [0.15, 0.2) is 46.0 Å². The first kappa shape index (κ1) is 15.3. The summed E-state index contributed by atoms with van der Waals surface area (Å²) in [5.74, 6) is 0.476. The summed E-state index contributed by atoms with van der Waals surface area (Å²) in [6.45, 7) is 1.40. The van der Waals surface area contributed by atoms with Crippen LogP contribution in [0.4, 0.5) is 5.69 Å². The van der Waals surface area contributed by atoms with E-state index in [1.165, 1.54) is 0 Å². The van der Waals surface area contributed by atoms with Gasteiger partial charge in [-0.25, -0.2) is 0 Å². The van der Waals surface area contributed by atoms with E-state index in [4.69, 9.17) is 0 Å². The molecule has 2 aliphatic heterocycles. The summed E-state index contributed by atoms with van der Waals surface area (Å²) < 4.78 is 30.5. The molecular formula is C16H19N5O2S. The van der Waals surface area contributed by atoms with Crippen molar-refractivity contribution in [2.75, 3.05) is 18.4 Å². The maximum Gasteiger partial charge on any atom is 0.286 e. The number of benzene rings is 1. The zero-order valence-corrected chi connectivity index (χ0v) is 14.2. The Balaban J connectivity index is 1.58. The number of aromatic nitrogens is 2. The van der Waals surface area contributed by atoms with E-state index < -0.39 is 10.0 Å². The van der Waals surface area contributed by atoms with E-state index in [1.54, 1.807) is 22.9 Å². The van der Waals surface area contributed by atoms with Gasteiger partial charge in [0.05, 0.1) is 18.4 Å².